The first-order chi connectivity index (χ1) is 15.3. The monoisotopic (exact) mass is 439 g/mol. The first-order valence-electron chi connectivity index (χ1n) is 10.5. The molecular formula is C21H25N7O4. The molecule has 1 aromatic carbocycles. The van der Waals surface area contributed by atoms with E-state index in [0.29, 0.717) is 24.2 Å². The second-order valence-corrected chi connectivity index (χ2v) is 8.18. The molecule has 32 heavy (non-hydrogen) atoms. The molecule has 4 rings (SSSR count). The SMILES string of the molecule is CC(C(=O)Nc1ccc(NC(=O)C(C)n2cncn2)cc1)N1C(=O)NC2(CCCC2)C1=O. The van der Waals surface area contributed by atoms with E-state index in [1.807, 2.05) is 0 Å². The Morgan fingerprint density at radius 2 is 1.56 bits per heavy atom. The van der Waals surface area contributed by atoms with E-state index in [-0.39, 0.29) is 11.8 Å². The van der Waals surface area contributed by atoms with Crippen molar-refractivity contribution in [2.75, 3.05) is 10.6 Å². The highest BCUT2D eigenvalue weighted by atomic mass is 16.2. The van der Waals surface area contributed by atoms with Gasteiger partial charge in [0.25, 0.3) is 5.91 Å². The molecule has 2 heterocycles. The van der Waals surface area contributed by atoms with Crippen LogP contribution in [0.2, 0.25) is 0 Å². The number of hydrogen-bond donors (Lipinski definition) is 3. The number of nitrogens with one attached hydrogen (secondary N) is 3. The fourth-order valence-electron chi connectivity index (χ4n) is 4.10. The van der Waals surface area contributed by atoms with Gasteiger partial charge < -0.3 is 16.0 Å². The summed E-state index contributed by atoms with van der Waals surface area (Å²) in [5.74, 6) is -1.07. The molecule has 0 bridgehead atoms. The summed E-state index contributed by atoms with van der Waals surface area (Å²) in [6.45, 7) is 3.23. The number of rotatable bonds is 6. The summed E-state index contributed by atoms with van der Waals surface area (Å²) in [5.41, 5.74) is 0.173. The first-order valence-corrected chi connectivity index (χ1v) is 10.5. The maximum Gasteiger partial charge on any atom is 0.325 e. The molecule has 1 saturated carbocycles. The molecule has 2 atom stereocenters. The number of anilines is 2. The number of amides is 5. The zero-order valence-corrected chi connectivity index (χ0v) is 17.9. The average molecular weight is 439 g/mol. The van der Waals surface area contributed by atoms with Gasteiger partial charge in [-0.1, -0.05) is 12.8 Å². The summed E-state index contributed by atoms with van der Waals surface area (Å²) in [7, 11) is 0. The van der Waals surface area contributed by atoms with E-state index in [4.69, 9.17) is 0 Å². The summed E-state index contributed by atoms with van der Waals surface area (Å²) >= 11 is 0. The van der Waals surface area contributed by atoms with Crippen LogP contribution in [0.5, 0.6) is 0 Å². The lowest BCUT2D eigenvalue weighted by Crippen LogP contribution is -2.48. The quantitative estimate of drug-likeness (QED) is 0.585. The van der Waals surface area contributed by atoms with Crippen molar-refractivity contribution in [1.82, 2.24) is 25.0 Å². The maximum atomic E-state index is 12.8. The van der Waals surface area contributed by atoms with Crippen LogP contribution in [0, 0.1) is 0 Å². The number of benzene rings is 1. The van der Waals surface area contributed by atoms with Gasteiger partial charge in [0.2, 0.25) is 11.8 Å². The summed E-state index contributed by atoms with van der Waals surface area (Å²) in [4.78, 5) is 55.1. The van der Waals surface area contributed by atoms with Crippen molar-refractivity contribution in [2.24, 2.45) is 0 Å². The van der Waals surface area contributed by atoms with Crippen LogP contribution in [0.1, 0.15) is 45.6 Å². The number of carbonyl (C=O) groups excluding carboxylic acids is 4. The lowest BCUT2D eigenvalue weighted by Gasteiger charge is -2.23. The molecule has 1 aliphatic carbocycles. The lowest BCUT2D eigenvalue weighted by molar-refractivity contribution is -0.136. The van der Waals surface area contributed by atoms with E-state index < -0.39 is 29.6 Å². The minimum Gasteiger partial charge on any atom is -0.324 e. The minimum atomic E-state index is -0.953. The molecule has 11 heteroatoms. The molecule has 2 fully saturated rings. The van der Waals surface area contributed by atoms with Gasteiger partial charge in [0.05, 0.1) is 0 Å². The average Bonchev–Trinajstić information content (AvgIpc) is 3.51. The highest BCUT2D eigenvalue weighted by Gasteiger charge is 2.54. The molecule has 2 aromatic rings. The van der Waals surface area contributed by atoms with Crippen molar-refractivity contribution in [1.29, 1.82) is 0 Å². The Labute approximate surface area is 184 Å². The van der Waals surface area contributed by atoms with Crippen molar-refractivity contribution >= 4 is 35.1 Å². The molecule has 3 N–H and O–H groups in total. The Morgan fingerprint density at radius 3 is 2.09 bits per heavy atom. The summed E-state index contributed by atoms with van der Waals surface area (Å²) in [5, 5.41) is 12.2. The standard InChI is InChI=1S/C21H25N7O4/c1-13(27-12-22-11-23-27)17(29)24-15-5-7-16(8-6-15)25-18(30)14(2)28-19(31)21(26-20(28)32)9-3-4-10-21/h5-8,11-14H,3-4,9-10H2,1-2H3,(H,24,29)(H,25,30)(H,26,32). The van der Waals surface area contributed by atoms with Gasteiger partial charge in [-0.2, -0.15) is 5.10 Å². The smallest absolute Gasteiger partial charge is 0.324 e. The molecule has 1 aromatic heterocycles. The van der Waals surface area contributed by atoms with Gasteiger partial charge in [0.15, 0.2) is 0 Å². The topological polar surface area (TPSA) is 138 Å². The molecule has 2 unspecified atom stereocenters. The first kappa shape index (κ1) is 21.5. The largest absolute Gasteiger partial charge is 0.325 e. The van der Waals surface area contributed by atoms with Gasteiger partial charge >= 0.3 is 6.03 Å². The number of urea groups is 1. The second kappa shape index (κ2) is 8.40. The Kier molecular flexibility index (Phi) is 5.64. The summed E-state index contributed by atoms with van der Waals surface area (Å²) in [6.07, 6.45) is 5.78. The van der Waals surface area contributed by atoms with Crippen molar-refractivity contribution < 1.29 is 19.2 Å². The van der Waals surface area contributed by atoms with Gasteiger partial charge in [-0.05, 0) is 51.0 Å². The molecule has 11 nitrogen and oxygen atoms in total. The number of nitrogens with zero attached hydrogens (tertiary/aromatic N) is 4. The van der Waals surface area contributed by atoms with Gasteiger partial charge in [-0.15, -0.1) is 0 Å². The second-order valence-electron chi connectivity index (χ2n) is 8.18. The molecule has 1 spiro atoms. The van der Waals surface area contributed by atoms with Crippen LogP contribution in [0.15, 0.2) is 36.9 Å². The van der Waals surface area contributed by atoms with Crippen molar-refractivity contribution in [3.05, 3.63) is 36.9 Å². The highest BCUT2D eigenvalue weighted by molar-refractivity contribution is 6.11. The van der Waals surface area contributed by atoms with Crippen LogP contribution in [-0.2, 0) is 14.4 Å². The molecule has 0 radical (unpaired) electrons. The zero-order chi connectivity index (χ0) is 22.9. The third-order valence-corrected chi connectivity index (χ3v) is 6.05. The molecular weight excluding hydrogens is 414 g/mol. The number of carbonyl (C=O) groups is 4. The molecule has 1 saturated heterocycles. The molecule has 2 aliphatic rings. The van der Waals surface area contributed by atoms with E-state index in [1.165, 1.54) is 24.3 Å². The van der Waals surface area contributed by atoms with E-state index in [0.717, 1.165) is 17.7 Å². The lowest BCUT2D eigenvalue weighted by atomic mass is 9.97. The summed E-state index contributed by atoms with van der Waals surface area (Å²) in [6, 6.07) is 4.53. The van der Waals surface area contributed by atoms with E-state index >= 15 is 0 Å². The normalized spacial score (nSPS) is 19.0. The zero-order valence-electron chi connectivity index (χ0n) is 17.9. The molecule has 5 amide bonds. The Balaban J connectivity index is 1.36. The number of aromatic nitrogens is 3. The number of imide groups is 1. The van der Waals surface area contributed by atoms with Crippen molar-refractivity contribution in [2.45, 2.75) is 57.2 Å². The Bertz CT molecular complexity index is 1030. The van der Waals surface area contributed by atoms with Gasteiger partial charge in [0, 0.05) is 11.4 Å². The van der Waals surface area contributed by atoms with Crippen LogP contribution in [0.25, 0.3) is 0 Å². The third kappa shape index (κ3) is 3.93. The predicted octanol–water partition coefficient (Wildman–Crippen LogP) is 1.67. The van der Waals surface area contributed by atoms with Crippen LogP contribution in [0.3, 0.4) is 0 Å². The molecule has 168 valence electrons. The van der Waals surface area contributed by atoms with Gasteiger partial charge in [-0.3, -0.25) is 14.4 Å². The fourth-order valence-corrected chi connectivity index (χ4v) is 4.10. The van der Waals surface area contributed by atoms with E-state index in [2.05, 4.69) is 26.0 Å². The van der Waals surface area contributed by atoms with E-state index in [1.54, 1.807) is 31.2 Å². The van der Waals surface area contributed by atoms with Crippen LogP contribution in [-0.4, -0.2) is 55.0 Å². The highest BCUT2D eigenvalue weighted by Crippen LogP contribution is 2.35. The number of hydrogen-bond acceptors (Lipinski definition) is 6. The van der Waals surface area contributed by atoms with E-state index in [9.17, 15) is 19.2 Å². The van der Waals surface area contributed by atoms with Crippen LogP contribution >= 0.6 is 0 Å². The van der Waals surface area contributed by atoms with Crippen molar-refractivity contribution in [3.8, 4) is 0 Å². The maximum absolute atomic E-state index is 12.8. The molecule has 1 aliphatic heterocycles. The van der Waals surface area contributed by atoms with Crippen LogP contribution in [0.4, 0.5) is 16.2 Å². The van der Waals surface area contributed by atoms with Gasteiger partial charge in [-0.25, -0.2) is 19.4 Å². The fraction of sp³-hybridized carbons (Fsp3) is 0.429. The Hall–Kier alpha value is -3.76. The predicted molar refractivity (Wildman–Crippen MR) is 114 cm³/mol. The minimum absolute atomic E-state index is 0.264. The summed E-state index contributed by atoms with van der Waals surface area (Å²) < 4.78 is 1.44. The Morgan fingerprint density at radius 1 is 1.00 bits per heavy atom. The van der Waals surface area contributed by atoms with Crippen LogP contribution < -0.4 is 16.0 Å². The third-order valence-electron chi connectivity index (χ3n) is 6.05. The van der Waals surface area contributed by atoms with Crippen molar-refractivity contribution in [3.63, 3.8) is 0 Å². The van der Waals surface area contributed by atoms with Gasteiger partial charge in [0.1, 0.15) is 30.3 Å².